The van der Waals surface area contributed by atoms with Crippen LogP contribution in [-0.2, 0) is 13.1 Å². The quantitative estimate of drug-likeness (QED) is 0.156. The SMILES string of the molecule is CC(C)n1ncnc1-c1cn2c(n1)-c1cc([C@@H](C)N3CC(N(C)C)C3)ccc1OCC2.CC(C)n1ncnc1-c1cn2c(n1)-c1cc([C@H](C)N3CC(N(C)C)C3)ccc1OCC2. The predicted octanol–water partition coefficient (Wildman–Crippen LogP) is 6.18. The molecule has 16 nitrogen and oxygen atoms in total. The lowest BCUT2D eigenvalue weighted by molar-refractivity contribution is 0.0326. The maximum atomic E-state index is 6.05. The second kappa shape index (κ2) is 17.0. The van der Waals surface area contributed by atoms with Crippen molar-refractivity contribution in [2.45, 2.75) is 90.9 Å². The molecule has 0 saturated carbocycles. The van der Waals surface area contributed by atoms with E-state index in [0.717, 1.165) is 96.6 Å². The molecule has 2 saturated heterocycles. The average molecular weight is 843 g/mol. The molecule has 328 valence electrons. The molecule has 2 aromatic carbocycles. The Morgan fingerprint density at radius 3 is 1.34 bits per heavy atom. The molecule has 0 unspecified atom stereocenters. The van der Waals surface area contributed by atoms with E-state index in [1.807, 2.05) is 9.36 Å². The van der Waals surface area contributed by atoms with Crippen LogP contribution in [0.1, 0.15) is 76.8 Å². The maximum Gasteiger partial charge on any atom is 0.178 e. The summed E-state index contributed by atoms with van der Waals surface area (Å²) in [6.45, 7) is 20.2. The molecular formula is C46H62N14O2. The lowest BCUT2D eigenvalue weighted by Crippen LogP contribution is -2.57. The van der Waals surface area contributed by atoms with Crippen molar-refractivity contribution in [2.24, 2.45) is 0 Å². The molecule has 4 aromatic heterocycles. The van der Waals surface area contributed by atoms with E-state index in [1.165, 1.54) is 11.1 Å². The number of hydrogen-bond donors (Lipinski definition) is 0. The Hall–Kier alpha value is -5.42. The lowest BCUT2D eigenvalue weighted by Gasteiger charge is -2.46. The number of imidazole rings is 2. The summed E-state index contributed by atoms with van der Waals surface area (Å²) < 4.78 is 20.3. The van der Waals surface area contributed by atoms with Crippen LogP contribution in [0.3, 0.4) is 0 Å². The zero-order chi connectivity index (χ0) is 43.4. The van der Waals surface area contributed by atoms with Crippen molar-refractivity contribution >= 4 is 0 Å². The number of nitrogens with zero attached hydrogens (tertiary/aromatic N) is 14. The highest BCUT2D eigenvalue weighted by Crippen LogP contribution is 2.39. The van der Waals surface area contributed by atoms with E-state index in [2.05, 4.69) is 167 Å². The van der Waals surface area contributed by atoms with Crippen molar-refractivity contribution in [2.75, 3.05) is 67.6 Å². The molecule has 0 aliphatic carbocycles. The zero-order valence-corrected chi connectivity index (χ0v) is 38.0. The van der Waals surface area contributed by atoms with Gasteiger partial charge in [-0.15, -0.1) is 0 Å². The molecular weight excluding hydrogens is 781 g/mol. The highest BCUT2D eigenvalue weighted by Gasteiger charge is 2.34. The van der Waals surface area contributed by atoms with Crippen LogP contribution >= 0.6 is 0 Å². The third kappa shape index (κ3) is 7.93. The maximum absolute atomic E-state index is 6.05. The minimum Gasteiger partial charge on any atom is -0.491 e. The van der Waals surface area contributed by atoms with Gasteiger partial charge in [0.05, 0.1) is 24.2 Å². The molecule has 0 N–H and O–H groups in total. The third-order valence-corrected chi connectivity index (χ3v) is 13.1. The van der Waals surface area contributed by atoms with Crippen molar-refractivity contribution in [3.63, 3.8) is 0 Å². The highest BCUT2D eigenvalue weighted by molar-refractivity contribution is 5.70. The molecule has 4 aliphatic rings. The summed E-state index contributed by atoms with van der Waals surface area (Å²) in [6, 6.07) is 15.6. The molecule has 0 amide bonds. The Kier molecular flexibility index (Phi) is 11.5. The summed E-state index contributed by atoms with van der Waals surface area (Å²) in [5.41, 5.74) is 6.39. The summed E-state index contributed by atoms with van der Waals surface area (Å²) >= 11 is 0. The van der Waals surface area contributed by atoms with Gasteiger partial charge in [-0.2, -0.15) is 10.2 Å². The summed E-state index contributed by atoms with van der Waals surface area (Å²) in [5.74, 6) is 5.27. The van der Waals surface area contributed by atoms with E-state index in [9.17, 15) is 0 Å². The smallest absolute Gasteiger partial charge is 0.178 e. The molecule has 2 fully saturated rings. The summed E-state index contributed by atoms with van der Waals surface area (Å²) in [7, 11) is 8.63. The first-order valence-electron chi connectivity index (χ1n) is 22.1. The number of aromatic nitrogens is 10. The number of fused-ring (bicyclic) bond motifs is 6. The molecule has 16 heteroatoms. The van der Waals surface area contributed by atoms with Gasteiger partial charge >= 0.3 is 0 Å². The van der Waals surface area contributed by atoms with Gasteiger partial charge in [0.1, 0.15) is 60.4 Å². The van der Waals surface area contributed by atoms with Gasteiger partial charge in [-0.3, -0.25) is 9.80 Å². The summed E-state index contributed by atoms with van der Waals surface area (Å²) in [4.78, 5) is 28.6. The van der Waals surface area contributed by atoms with Gasteiger partial charge in [-0.25, -0.2) is 29.3 Å². The van der Waals surface area contributed by atoms with Crippen molar-refractivity contribution in [1.82, 2.24) is 68.2 Å². The topological polar surface area (TPSA) is 128 Å². The first-order valence-corrected chi connectivity index (χ1v) is 22.1. The van der Waals surface area contributed by atoms with Crippen molar-refractivity contribution < 1.29 is 9.47 Å². The fraction of sp³-hybridized carbons (Fsp3) is 0.522. The number of likely N-dealkylation sites (N-methyl/N-ethyl adjacent to an activating group) is 2. The highest BCUT2D eigenvalue weighted by atomic mass is 16.5. The minimum absolute atomic E-state index is 0.226. The van der Waals surface area contributed by atoms with Gasteiger partial charge in [0.25, 0.3) is 0 Å². The van der Waals surface area contributed by atoms with E-state index in [0.29, 0.717) is 37.4 Å². The number of benzene rings is 2. The van der Waals surface area contributed by atoms with Crippen LogP contribution in [0.5, 0.6) is 11.5 Å². The van der Waals surface area contributed by atoms with E-state index in [4.69, 9.17) is 19.4 Å². The van der Waals surface area contributed by atoms with Gasteiger partial charge < -0.3 is 28.4 Å². The monoisotopic (exact) mass is 843 g/mol. The second-order valence-electron chi connectivity index (χ2n) is 18.2. The fourth-order valence-corrected chi connectivity index (χ4v) is 8.85. The Morgan fingerprint density at radius 1 is 0.565 bits per heavy atom. The molecule has 0 spiro atoms. The largest absolute Gasteiger partial charge is 0.491 e. The van der Waals surface area contributed by atoms with E-state index in [1.54, 1.807) is 12.7 Å². The molecule has 10 rings (SSSR count). The molecule has 8 heterocycles. The van der Waals surface area contributed by atoms with Gasteiger partial charge in [0, 0.05) is 74.8 Å². The average Bonchev–Trinajstić information content (AvgIpc) is 4.01. The molecule has 0 bridgehead atoms. The van der Waals surface area contributed by atoms with Crippen LogP contribution in [0.15, 0.2) is 61.4 Å². The molecule has 0 radical (unpaired) electrons. The van der Waals surface area contributed by atoms with Crippen LogP contribution in [0.25, 0.3) is 45.8 Å². The third-order valence-electron chi connectivity index (χ3n) is 13.1. The number of ether oxygens (including phenoxy) is 2. The van der Waals surface area contributed by atoms with Gasteiger partial charge in [-0.05, 0) is 105 Å². The standard InChI is InChI=1S/2C23H31N7O/c2*1-15(2)30-23(24-14-25-30)20-13-28-8-9-31-21-7-6-17(10-19(21)22(28)26-20)16(3)29-11-18(12-29)27(4)5/h2*6-7,10,13-16,18H,8-9,11-12H2,1-5H3/t2*16-/m10/s1. The van der Waals surface area contributed by atoms with Crippen LogP contribution in [0.2, 0.25) is 0 Å². The zero-order valence-electron chi connectivity index (χ0n) is 38.0. The van der Waals surface area contributed by atoms with Gasteiger partial charge in [0.15, 0.2) is 11.6 Å². The Balaban J connectivity index is 0.000000158. The number of hydrogen-bond acceptors (Lipinski definition) is 12. The molecule has 4 aliphatic heterocycles. The Morgan fingerprint density at radius 2 is 0.968 bits per heavy atom. The van der Waals surface area contributed by atoms with E-state index < -0.39 is 0 Å². The summed E-state index contributed by atoms with van der Waals surface area (Å²) in [5, 5.41) is 8.75. The summed E-state index contributed by atoms with van der Waals surface area (Å²) in [6.07, 6.45) is 7.35. The normalized spacial score (nSPS) is 17.8. The Bertz CT molecular complexity index is 2330. The van der Waals surface area contributed by atoms with E-state index in [-0.39, 0.29) is 12.1 Å². The lowest BCUT2D eigenvalue weighted by atomic mass is 9.98. The molecule has 6 aromatic rings. The van der Waals surface area contributed by atoms with Crippen molar-refractivity contribution in [3.05, 3.63) is 72.6 Å². The second-order valence-corrected chi connectivity index (χ2v) is 18.2. The molecule has 62 heavy (non-hydrogen) atoms. The van der Waals surface area contributed by atoms with Crippen molar-refractivity contribution in [3.8, 4) is 57.3 Å². The molecule has 2 atom stereocenters. The van der Waals surface area contributed by atoms with Crippen LogP contribution < -0.4 is 9.47 Å². The first-order chi connectivity index (χ1) is 29.8. The number of rotatable bonds is 10. The minimum atomic E-state index is 0.226. The van der Waals surface area contributed by atoms with Gasteiger partial charge in [0.2, 0.25) is 0 Å². The van der Waals surface area contributed by atoms with Crippen LogP contribution in [0.4, 0.5) is 0 Å². The first kappa shape index (κ1) is 41.9. The van der Waals surface area contributed by atoms with Crippen molar-refractivity contribution in [1.29, 1.82) is 0 Å². The predicted molar refractivity (Wildman–Crippen MR) is 240 cm³/mol. The van der Waals surface area contributed by atoms with E-state index >= 15 is 0 Å². The fourth-order valence-electron chi connectivity index (χ4n) is 8.85. The number of likely N-dealkylation sites (tertiary alicyclic amines) is 2. The Labute approximate surface area is 365 Å². The van der Waals surface area contributed by atoms with Crippen LogP contribution in [0, 0.1) is 0 Å². The van der Waals surface area contributed by atoms with Crippen LogP contribution in [-0.4, -0.2) is 148 Å². The van der Waals surface area contributed by atoms with Gasteiger partial charge in [-0.1, -0.05) is 12.1 Å².